The van der Waals surface area contributed by atoms with Gasteiger partial charge in [0.2, 0.25) is 0 Å². The topological polar surface area (TPSA) is 57.9 Å². The largest absolute Gasteiger partial charge is 0.495 e. The van der Waals surface area contributed by atoms with Crippen molar-refractivity contribution in [2.24, 2.45) is 0 Å². The van der Waals surface area contributed by atoms with E-state index in [2.05, 4.69) is 32.3 Å². The van der Waals surface area contributed by atoms with Crippen molar-refractivity contribution in [3.05, 3.63) is 46.1 Å². The van der Waals surface area contributed by atoms with E-state index in [1.807, 2.05) is 13.0 Å². The summed E-state index contributed by atoms with van der Waals surface area (Å²) >= 11 is 3.45. The molecule has 0 aliphatic heterocycles. The second kappa shape index (κ2) is 5.72. The molecule has 0 aliphatic carbocycles. The van der Waals surface area contributed by atoms with Gasteiger partial charge in [-0.25, -0.2) is 4.98 Å². The summed E-state index contributed by atoms with van der Waals surface area (Å²) in [6.45, 7) is 1.96. The average molecular weight is 318 g/mol. The fraction of sp³-hybridized carbons (Fsp3) is 0.143. The molecule has 0 fully saturated rings. The number of nitriles is 1. The van der Waals surface area contributed by atoms with Crippen LogP contribution < -0.4 is 10.1 Å². The van der Waals surface area contributed by atoms with Gasteiger partial charge in [-0.3, -0.25) is 0 Å². The van der Waals surface area contributed by atoms with E-state index in [4.69, 9.17) is 10.00 Å². The monoisotopic (exact) mass is 317 g/mol. The third-order valence-corrected chi connectivity index (χ3v) is 3.19. The molecule has 0 aliphatic rings. The minimum atomic E-state index is 0.508. The van der Waals surface area contributed by atoms with Crippen molar-refractivity contribution in [1.82, 2.24) is 4.98 Å². The Labute approximate surface area is 120 Å². The van der Waals surface area contributed by atoms with Crippen LogP contribution in [0.25, 0.3) is 0 Å². The lowest BCUT2D eigenvalue weighted by molar-refractivity contribution is 0.416. The van der Waals surface area contributed by atoms with Crippen molar-refractivity contribution in [3.8, 4) is 11.8 Å². The summed E-state index contributed by atoms with van der Waals surface area (Å²) in [6, 6.07) is 9.39. The number of para-hydroxylation sites is 1. The van der Waals surface area contributed by atoms with Crippen LogP contribution in [0.3, 0.4) is 0 Å². The van der Waals surface area contributed by atoms with Crippen molar-refractivity contribution in [2.45, 2.75) is 6.92 Å². The number of aromatic nitrogens is 1. The Hall–Kier alpha value is -2.06. The van der Waals surface area contributed by atoms with Gasteiger partial charge in [0.05, 0.1) is 17.1 Å². The van der Waals surface area contributed by atoms with Gasteiger partial charge in [0.1, 0.15) is 23.3 Å². The number of ether oxygens (including phenoxy) is 1. The molecule has 0 atom stereocenters. The van der Waals surface area contributed by atoms with E-state index < -0.39 is 0 Å². The zero-order valence-corrected chi connectivity index (χ0v) is 12.2. The second-order valence-electron chi connectivity index (χ2n) is 3.96. The number of benzene rings is 1. The Morgan fingerprint density at radius 1 is 1.42 bits per heavy atom. The number of halogens is 1. The molecule has 19 heavy (non-hydrogen) atoms. The van der Waals surface area contributed by atoms with Crippen molar-refractivity contribution >= 4 is 27.4 Å². The Kier molecular flexibility index (Phi) is 4.03. The fourth-order valence-corrected chi connectivity index (χ4v) is 2.23. The molecule has 0 saturated heterocycles. The summed E-state index contributed by atoms with van der Waals surface area (Å²) in [5, 5.41) is 12.3. The number of rotatable bonds is 3. The van der Waals surface area contributed by atoms with E-state index in [1.54, 1.807) is 31.5 Å². The highest BCUT2D eigenvalue weighted by Crippen LogP contribution is 2.32. The van der Waals surface area contributed by atoms with Gasteiger partial charge in [0, 0.05) is 6.20 Å². The van der Waals surface area contributed by atoms with Gasteiger partial charge < -0.3 is 10.1 Å². The molecule has 1 aromatic heterocycles. The number of hydrogen-bond donors (Lipinski definition) is 1. The van der Waals surface area contributed by atoms with Crippen LogP contribution in [0.2, 0.25) is 0 Å². The maximum atomic E-state index is 9.15. The van der Waals surface area contributed by atoms with Crippen LogP contribution in [0.5, 0.6) is 5.75 Å². The summed E-state index contributed by atoms with van der Waals surface area (Å²) in [4.78, 5) is 4.30. The smallest absolute Gasteiger partial charge is 0.144 e. The number of aryl methyl sites for hydroxylation is 1. The molecule has 2 rings (SSSR count). The third-order valence-electron chi connectivity index (χ3n) is 2.59. The lowest BCUT2D eigenvalue weighted by atomic mass is 10.1. The van der Waals surface area contributed by atoms with Crippen LogP contribution in [-0.4, -0.2) is 12.1 Å². The summed E-state index contributed by atoms with van der Waals surface area (Å²) in [7, 11) is 1.57. The van der Waals surface area contributed by atoms with Gasteiger partial charge in [0.25, 0.3) is 0 Å². The number of nitrogens with zero attached hydrogens (tertiary/aromatic N) is 2. The first-order chi connectivity index (χ1) is 9.15. The molecule has 0 unspecified atom stereocenters. The number of anilines is 2. The highest BCUT2D eigenvalue weighted by Gasteiger charge is 2.11. The molecule has 1 N–H and O–H groups in total. The Morgan fingerprint density at radius 2 is 2.21 bits per heavy atom. The average Bonchev–Trinajstić information content (AvgIpc) is 2.42. The fourth-order valence-electron chi connectivity index (χ4n) is 1.67. The molecule has 0 bridgehead atoms. The van der Waals surface area contributed by atoms with Gasteiger partial charge >= 0.3 is 0 Å². The quantitative estimate of drug-likeness (QED) is 0.936. The lowest BCUT2D eigenvalue weighted by Gasteiger charge is -2.13. The zero-order chi connectivity index (χ0) is 13.8. The molecule has 4 nitrogen and oxygen atoms in total. The van der Waals surface area contributed by atoms with Gasteiger partial charge in [-0.05, 0) is 46.6 Å². The zero-order valence-electron chi connectivity index (χ0n) is 10.6. The summed E-state index contributed by atoms with van der Waals surface area (Å²) in [5.41, 5.74) is 2.18. The van der Waals surface area contributed by atoms with Gasteiger partial charge in [-0.15, -0.1) is 0 Å². The highest BCUT2D eigenvalue weighted by atomic mass is 79.9. The second-order valence-corrected chi connectivity index (χ2v) is 4.82. The van der Waals surface area contributed by atoms with Crippen molar-refractivity contribution in [3.63, 3.8) is 0 Å². The lowest BCUT2D eigenvalue weighted by Crippen LogP contribution is -2.00. The van der Waals surface area contributed by atoms with E-state index in [0.717, 1.165) is 10.0 Å². The first-order valence-electron chi connectivity index (χ1n) is 5.62. The Bertz CT molecular complexity index is 650. The molecule has 0 radical (unpaired) electrons. The molecule has 0 saturated carbocycles. The minimum absolute atomic E-state index is 0.508. The van der Waals surface area contributed by atoms with Crippen LogP contribution in [0.4, 0.5) is 11.5 Å². The molecule has 1 heterocycles. The summed E-state index contributed by atoms with van der Waals surface area (Å²) in [5.74, 6) is 1.25. The maximum Gasteiger partial charge on any atom is 0.144 e. The van der Waals surface area contributed by atoms with Crippen LogP contribution in [-0.2, 0) is 0 Å². The van der Waals surface area contributed by atoms with Crippen LogP contribution >= 0.6 is 15.9 Å². The standard InChI is InChI=1S/C14H12BrN3O/c1-9-6-11(15)14(17-8-9)18-13-10(7-16)4-3-5-12(13)19-2/h3-6,8H,1-2H3,(H,17,18). The first kappa shape index (κ1) is 13.4. The van der Waals surface area contributed by atoms with Gasteiger partial charge in [-0.2, -0.15) is 5.26 Å². The molecule has 5 heteroatoms. The normalized spacial score (nSPS) is 9.79. The Morgan fingerprint density at radius 3 is 2.84 bits per heavy atom. The van der Waals surface area contributed by atoms with E-state index in [-0.39, 0.29) is 0 Å². The van der Waals surface area contributed by atoms with E-state index in [0.29, 0.717) is 22.8 Å². The molecular formula is C14H12BrN3O. The van der Waals surface area contributed by atoms with E-state index in [1.165, 1.54) is 0 Å². The van der Waals surface area contributed by atoms with Crippen molar-refractivity contribution < 1.29 is 4.74 Å². The maximum absolute atomic E-state index is 9.15. The van der Waals surface area contributed by atoms with Crippen LogP contribution in [0.15, 0.2) is 34.9 Å². The minimum Gasteiger partial charge on any atom is -0.495 e. The number of nitrogens with one attached hydrogen (secondary N) is 1. The van der Waals surface area contributed by atoms with E-state index in [9.17, 15) is 0 Å². The molecule has 1 aromatic carbocycles. The first-order valence-corrected chi connectivity index (χ1v) is 6.41. The molecule has 0 amide bonds. The Balaban J connectivity index is 2.46. The van der Waals surface area contributed by atoms with Crippen molar-refractivity contribution in [2.75, 3.05) is 12.4 Å². The molecule has 2 aromatic rings. The van der Waals surface area contributed by atoms with Gasteiger partial charge in [-0.1, -0.05) is 6.07 Å². The van der Waals surface area contributed by atoms with Crippen LogP contribution in [0, 0.1) is 18.3 Å². The highest BCUT2D eigenvalue weighted by molar-refractivity contribution is 9.10. The summed E-state index contributed by atoms with van der Waals surface area (Å²) in [6.07, 6.45) is 1.76. The van der Waals surface area contributed by atoms with Crippen molar-refractivity contribution in [1.29, 1.82) is 5.26 Å². The van der Waals surface area contributed by atoms with Gasteiger partial charge in [0.15, 0.2) is 0 Å². The number of hydrogen-bond acceptors (Lipinski definition) is 4. The molecule has 96 valence electrons. The number of methoxy groups -OCH3 is 1. The van der Waals surface area contributed by atoms with Crippen LogP contribution in [0.1, 0.15) is 11.1 Å². The van der Waals surface area contributed by atoms with E-state index >= 15 is 0 Å². The SMILES string of the molecule is COc1cccc(C#N)c1Nc1ncc(C)cc1Br. The molecular weight excluding hydrogens is 306 g/mol. The number of pyridine rings is 1. The molecule has 0 spiro atoms. The predicted molar refractivity (Wildman–Crippen MR) is 77.7 cm³/mol. The summed E-state index contributed by atoms with van der Waals surface area (Å²) < 4.78 is 6.10. The predicted octanol–water partition coefficient (Wildman–Crippen LogP) is 3.78. The third kappa shape index (κ3) is 2.85.